The first-order valence-electron chi connectivity index (χ1n) is 4.63. The molecule has 0 spiro atoms. The van der Waals surface area contributed by atoms with Crippen LogP contribution in [0.4, 0.5) is 0 Å². The molecular formula is C9H14O3. The Morgan fingerprint density at radius 3 is 2.33 bits per heavy atom. The minimum Gasteiger partial charge on any atom is -0.481 e. The molecule has 0 aromatic rings. The molecule has 68 valence electrons. The monoisotopic (exact) mass is 170 g/mol. The molecule has 0 radical (unpaired) electrons. The summed E-state index contributed by atoms with van der Waals surface area (Å²) in [6.07, 6.45) is 4.32. The molecule has 2 atom stereocenters. The van der Waals surface area contributed by atoms with Gasteiger partial charge in [-0.05, 0) is 25.2 Å². The van der Waals surface area contributed by atoms with Gasteiger partial charge in [0.1, 0.15) is 0 Å². The molecule has 1 aliphatic carbocycles. The minimum atomic E-state index is -0.663. The highest BCUT2D eigenvalue weighted by Gasteiger charge is 2.41. The molecule has 3 nitrogen and oxygen atoms in total. The molecule has 2 fully saturated rings. The quantitative estimate of drug-likeness (QED) is 0.694. The Labute approximate surface area is 71.7 Å². The Morgan fingerprint density at radius 1 is 1.42 bits per heavy atom. The zero-order valence-corrected chi connectivity index (χ0v) is 7.03. The van der Waals surface area contributed by atoms with Gasteiger partial charge in [0.2, 0.25) is 0 Å². The predicted molar refractivity (Wildman–Crippen MR) is 42.8 cm³/mol. The number of carboxylic acids is 1. The lowest BCUT2D eigenvalue weighted by molar-refractivity contribution is -0.164. The Bertz CT molecular complexity index is 168. The van der Waals surface area contributed by atoms with Crippen LogP contribution in [0.3, 0.4) is 0 Å². The van der Waals surface area contributed by atoms with Crippen LogP contribution in [0.2, 0.25) is 0 Å². The smallest absolute Gasteiger partial charge is 0.309 e. The van der Waals surface area contributed by atoms with E-state index in [-0.39, 0.29) is 12.0 Å². The maximum Gasteiger partial charge on any atom is 0.309 e. The maximum atomic E-state index is 10.9. The first-order valence-corrected chi connectivity index (χ1v) is 4.63. The molecular weight excluding hydrogens is 156 g/mol. The van der Waals surface area contributed by atoms with E-state index in [0.717, 1.165) is 25.9 Å². The van der Waals surface area contributed by atoms with Crippen LogP contribution < -0.4 is 0 Å². The van der Waals surface area contributed by atoms with Gasteiger partial charge in [0.15, 0.2) is 0 Å². The highest BCUT2D eigenvalue weighted by molar-refractivity contribution is 5.71. The van der Waals surface area contributed by atoms with Crippen molar-refractivity contribution >= 4 is 5.97 Å². The van der Waals surface area contributed by atoms with Crippen LogP contribution in [-0.2, 0) is 9.53 Å². The summed E-state index contributed by atoms with van der Waals surface area (Å²) in [6.45, 7) is 0.751. The average molecular weight is 170 g/mol. The molecule has 1 heterocycles. The van der Waals surface area contributed by atoms with Crippen molar-refractivity contribution < 1.29 is 14.6 Å². The zero-order chi connectivity index (χ0) is 8.55. The fourth-order valence-electron chi connectivity index (χ4n) is 2.00. The second kappa shape index (κ2) is 3.05. The molecule has 0 bridgehead atoms. The first kappa shape index (κ1) is 8.05. The number of aliphatic carboxylic acids is 1. The fraction of sp³-hybridized carbons (Fsp3) is 0.889. The van der Waals surface area contributed by atoms with Crippen LogP contribution >= 0.6 is 0 Å². The Balaban J connectivity index is 1.95. The molecule has 0 aromatic heterocycles. The van der Waals surface area contributed by atoms with E-state index in [9.17, 15) is 4.79 Å². The lowest BCUT2D eigenvalue weighted by Gasteiger charge is -2.39. The summed E-state index contributed by atoms with van der Waals surface area (Å²) in [7, 11) is 0. The number of carboxylic acid groups (broad SMARTS) is 1. The first-order chi connectivity index (χ1) is 5.79. The predicted octanol–water partition coefficient (Wildman–Crippen LogP) is 1.28. The molecule has 1 saturated heterocycles. The number of hydrogen-bond donors (Lipinski definition) is 1. The molecule has 1 aliphatic heterocycles. The van der Waals surface area contributed by atoms with Crippen molar-refractivity contribution in [3.63, 3.8) is 0 Å². The molecule has 2 rings (SSSR count). The Morgan fingerprint density at radius 2 is 2.08 bits per heavy atom. The highest BCUT2D eigenvalue weighted by Crippen LogP contribution is 2.38. The summed E-state index contributed by atoms with van der Waals surface area (Å²) < 4.78 is 5.23. The number of carbonyl (C=O) groups is 1. The topological polar surface area (TPSA) is 46.5 Å². The Hall–Kier alpha value is -0.570. The summed E-state index contributed by atoms with van der Waals surface area (Å²) in [4.78, 5) is 10.9. The maximum absolute atomic E-state index is 10.9. The van der Waals surface area contributed by atoms with E-state index < -0.39 is 5.97 Å². The van der Waals surface area contributed by atoms with E-state index in [2.05, 4.69) is 0 Å². The van der Waals surface area contributed by atoms with Crippen molar-refractivity contribution in [2.75, 3.05) is 6.61 Å². The molecule has 3 heteroatoms. The molecule has 2 unspecified atom stereocenters. The summed E-state index contributed by atoms with van der Waals surface area (Å²) in [6, 6.07) is 0. The van der Waals surface area contributed by atoms with Gasteiger partial charge < -0.3 is 9.84 Å². The van der Waals surface area contributed by atoms with E-state index >= 15 is 0 Å². The van der Waals surface area contributed by atoms with Gasteiger partial charge in [-0.3, -0.25) is 4.79 Å². The molecule has 0 aromatic carbocycles. The van der Waals surface area contributed by atoms with Crippen molar-refractivity contribution in [1.82, 2.24) is 0 Å². The lowest BCUT2D eigenvalue weighted by atomic mass is 9.72. The van der Waals surface area contributed by atoms with E-state index in [4.69, 9.17) is 9.84 Å². The van der Waals surface area contributed by atoms with Crippen LogP contribution in [0.25, 0.3) is 0 Å². The summed E-state index contributed by atoms with van der Waals surface area (Å²) >= 11 is 0. The van der Waals surface area contributed by atoms with Crippen LogP contribution in [0, 0.1) is 11.8 Å². The second-order valence-corrected chi connectivity index (χ2v) is 3.75. The van der Waals surface area contributed by atoms with Gasteiger partial charge >= 0.3 is 5.97 Å². The third-order valence-corrected chi connectivity index (χ3v) is 3.08. The molecule has 2 aliphatic rings. The third kappa shape index (κ3) is 1.22. The second-order valence-electron chi connectivity index (χ2n) is 3.75. The van der Waals surface area contributed by atoms with Crippen molar-refractivity contribution in [3.8, 4) is 0 Å². The van der Waals surface area contributed by atoms with Crippen LogP contribution in [0.5, 0.6) is 0 Å². The normalized spacial score (nSPS) is 31.8. The van der Waals surface area contributed by atoms with E-state index in [1.165, 1.54) is 6.42 Å². The molecule has 0 amide bonds. The van der Waals surface area contributed by atoms with Crippen LogP contribution in [0.1, 0.15) is 25.7 Å². The summed E-state index contributed by atoms with van der Waals surface area (Å²) in [5.41, 5.74) is 0. The van der Waals surface area contributed by atoms with Gasteiger partial charge in [-0.1, -0.05) is 6.42 Å². The van der Waals surface area contributed by atoms with Crippen molar-refractivity contribution in [2.24, 2.45) is 11.8 Å². The zero-order valence-electron chi connectivity index (χ0n) is 7.03. The molecule has 1 saturated carbocycles. The van der Waals surface area contributed by atoms with Gasteiger partial charge in [0, 0.05) is 6.61 Å². The number of ether oxygens (including phenoxy) is 1. The van der Waals surface area contributed by atoms with Gasteiger partial charge in [-0.15, -0.1) is 0 Å². The molecule has 12 heavy (non-hydrogen) atoms. The number of rotatable bonds is 3. The third-order valence-electron chi connectivity index (χ3n) is 3.08. The van der Waals surface area contributed by atoms with Crippen molar-refractivity contribution in [3.05, 3.63) is 0 Å². The van der Waals surface area contributed by atoms with Crippen LogP contribution in [-0.4, -0.2) is 23.8 Å². The van der Waals surface area contributed by atoms with Crippen LogP contribution in [0.15, 0.2) is 0 Å². The van der Waals surface area contributed by atoms with Crippen molar-refractivity contribution in [1.29, 1.82) is 0 Å². The van der Waals surface area contributed by atoms with Gasteiger partial charge in [-0.25, -0.2) is 0 Å². The summed E-state index contributed by atoms with van der Waals surface area (Å²) in [5, 5.41) is 8.96. The summed E-state index contributed by atoms with van der Waals surface area (Å²) in [5.74, 6) is -0.482. The van der Waals surface area contributed by atoms with Crippen molar-refractivity contribution in [2.45, 2.75) is 31.8 Å². The van der Waals surface area contributed by atoms with Gasteiger partial charge in [0.25, 0.3) is 0 Å². The van der Waals surface area contributed by atoms with E-state index in [1.54, 1.807) is 0 Å². The largest absolute Gasteiger partial charge is 0.481 e. The highest BCUT2D eigenvalue weighted by atomic mass is 16.5. The van der Waals surface area contributed by atoms with Gasteiger partial charge in [-0.2, -0.15) is 0 Å². The molecule has 1 N–H and O–H groups in total. The average Bonchev–Trinajstić information content (AvgIpc) is 1.77. The SMILES string of the molecule is O=C(O)C(C1CCC1)C1CCO1. The number of hydrogen-bond acceptors (Lipinski definition) is 2. The lowest BCUT2D eigenvalue weighted by Crippen LogP contribution is -2.44. The Kier molecular flexibility index (Phi) is 2.05. The van der Waals surface area contributed by atoms with Gasteiger partial charge in [0.05, 0.1) is 12.0 Å². The van der Waals surface area contributed by atoms with E-state index in [0.29, 0.717) is 5.92 Å². The minimum absolute atomic E-state index is 0.0211. The van der Waals surface area contributed by atoms with E-state index in [1.807, 2.05) is 0 Å². The fourth-order valence-corrected chi connectivity index (χ4v) is 2.00. The standard InChI is InChI=1S/C9H14O3/c10-9(11)8(6-2-1-3-6)7-4-5-12-7/h6-8H,1-5H2,(H,10,11).